The van der Waals surface area contributed by atoms with Crippen LogP contribution in [-0.2, 0) is 16.8 Å². The summed E-state index contributed by atoms with van der Waals surface area (Å²) in [4.78, 5) is 16.9. The molecule has 0 fully saturated rings. The number of nitrogens with one attached hydrogen (secondary N) is 2. The first-order valence-electron chi connectivity index (χ1n) is 5.74. The highest BCUT2D eigenvalue weighted by molar-refractivity contribution is 7.11. The molecule has 0 aromatic carbocycles. The van der Waals surface area contributed by atoms with Crippen molar-refractivity contribution in [1.82, 2.24) is 15.6 Å². The van der Waals surface area contributed by atoms with E-state index < -0.39 is 0 Å². The topological polar surface area (TPSA) is 54.0 Å². The summed E-state index contributed by atoms with van der Waals surface area (Å²) in [7, 11) is 1.64. The van der Waals surface area contributed by atoms with Crippen LogP contribution < -0.4 is 10.6 Å². The summed E-state index contributed by atoms with van der Waals surface area (Å²) < 4.78 is 0. The molecule has 1 unspecified atom stereocenters. The molecule has 0 aliphatic carbocycles. The molecule has 4 nitrogen and oxygen atoms in total. The lowest BCUT2D eigenvalue weighted by atomic mass is 9.98. The molecule has 0 aliphatic heterocycles. The van der Waals surface area contributed by atoms with E-state index in [0.717, 1.165) is 9.88 Å². The third-order valence-electron chi connectivity index (χ3n) is 2.42. The molecule has 1 amide bonds. The van der Waals surface area contributed by atoms with Gasteiger partial charge in [-0.25, -0.2) is 4.98 Å². The van der Waals surface area contributed by atoms with E-state index in [0.29, 0.717) is 6.54 Å². The molecule has 5 heteroatoms. The third kappa shape index (κ3) is 4.09. The molecule has 0 bridgehead atoms. The van der Waals surface area contributed by atoms with Crippen LogP contribution in [0.25, 0.3) is 0 Å². The summed E-state index contributed by atoms with van der Waals surface area (Å²) in [5, 5.41) is 6.92. The summed E-state index contributed by atoms with van der Waals surface area (Å²) in [6.07, 6.45) is 1.88. The zero-order valence-corrected chi connectivity index (χ0v) is 11.9. The van der Waals surface area contributed by atoms with Crippen LogP contribution in [0.3, 0.4) is 0 Å². The predicted molar refractivity (Wildman–Crippen MR) is 71.2 cm³/mol. The number of carbonyl (C=O) groups excluding carboxylic acids is 1. The standard InChI is InChI=1S/C12H21N3OS/c1-8(10(16)13-5)14-6-9-7-15-11(17-9)12(2,3)4/h7-8,14H,6H2,1-5H3,(H,13,16). The Bertz CT molecular complexity index is 381. The van der Waals surface area contributed by atoms with Gasteiger partial charge in [-0.05, 0) is 6.92 Å². The van der Waals surface area contributed by atoms with Gasteiger partial charge >= 0.3 is 0 Å². The maximum atomic E-state index is 11.3. The third-order valence-corrected chi connectivity index (χ3v) is 3.84. The van der Waals surface area contributed by atoms with E-state index in [1.807, 2.05) is 13.1 Å². The van der Waals surface area contributed by atoms with E-state index in [9.17, 15) is 4.79 Å². The van der Waals surface area contributed by atoms with Gasteiger partial charge in [0.05, 0.1) is 11.0 Å². The number of thiazole rings is 1. The second-order valence-electron chi connectivity index (χ2n) is 5.10. The van der Waals surface area contributed by atoms with Crippen molar-refractivity contribution in [3.05, 3.63) is 16.1 Å². The van der Waals surface area contributed by atoms with Crippen molar-refractivity contribution in [2.75, 3.05) is 7.05 Å². The largest absolute Gasteiger partial charge is 0.358 e. The number of likely N-dealkylation sites (N-methyl/N-ethyl adjacent to an activating group) is 1. The molecule has 17 heavy (non-hydrogen) atoms. The Morgan fingerprint density at radius 1 is 1.53 bits per heavy atom. The number of amides is 1. The Labute approximate surface area is 107 Å². The maximum absolute atomic E-state index is 11.3. The first-order chi connectivity index (χ1) is 7.84. The summed E-state index contributed by atoms with van der Waals surface area (Å²) in [6, 6.07) is -0.180. The molecule has 0 spiro atoms. The van der Waals surface area contributed by atoms with Gasteiger partial charge in [-0.1, -0.05) is 20.8 Å². The van der Waals surface area contributed by atoms with E-state index in [2.05, 4.69) is 36.4 Å². The van der Waals surface area contributed by atoms with Crippen LogP contribution in [0.5, 0.6) is 0 Å². The number of hydrogen-bond donors (Lipinski definition) is 2. The second kappa shape index (κ2) is 5.60. The molecule has 0 saturated heterocycles. The Kier molecular flexibility index (Phi) is 4.65. The van der Waals surface area contributed by atoms with E-state index in [-0.39, 0.29) is 17.4 Å². The molecule has 0 saturated carbocycles. The van der Waals surface area contributed by atoms with Crippen molar-refractivity contribution < 1.29 is 4.79 Å². The van der Waals surface area contributed by atoms with Crippen molar-refractivity contribution in [1.29, 1.82) is 0 Å². The fourth-order valence-corrected chi connectivity index (χ4v) is 2.22. The zero-order chi connectivity index (χ0) is 13.1. The lowest BCUT2D eigenvalue weighted by Crippen LogP contribution is -2.40. The van der Waals surface area contributed by atoms with Gasteiger partial charge in [-0.3, -0.25) is 4.79 Å². The summed E-state index contributed by atoms with van der Waals surface area (Å²) >= 11 is 1.70. The van der Waals surface area contributed by atoms with Crippen LogP contribution >= 0.6 is 11.3 Å². The van der Waals surface area contributed by atoms with Crippen LogP contribution in [0.1, 0.15) is 37.6 Å². The summed E-state index contributed by atoms with van der Waals surface area (Å²) in [5.74, 6) is 0.00515. The van der Waals surface area contributed by atoms with Crippen molar-refractivity contribution >= 4 is 17.2 Å². The van der Waals surface area contributed by atoms with Crippen molar-refractivity contribution in [3.8, 4) is 0 Å². The Hall–Kier alpha value is -0.940. The normalized spacial score (nSPS) is 13.5. The molecule has 0 radical (unpaired) electrons. The minimum absolute atomic E-state index is 0.00515. The van der Waals surface area contributed by atoms with E-state index in [4.69, 9.17) is 0 Å². The highest BCUT2D eigenvalue weighted by Crippen LogP contribution is 2.26. The van der Waals surface area contributed by atoms with E-state index in [1.165, 1.54) is 0 Å². The molecular formula is C12H21N3OS. The number of rotatable bonds is 4. The second-order valence-corrected chi connectivity index (χ2v) is 6.21. The van der Waals surface area contributed by atoms with Crippen LogP contribution in [0.4, 0.5) is 0 Å². The molecule has 0 aliphatic rings. The fraction of sp³-hybridized carbons (Fsp3) is 0.667. The minimum Gasteiger partial charge on any atom is -0.358 e. The quantitative estimate of drug-likeness (QED) is 0.860. The minimum atomic E-state index is -0.180. The predicted octanol–water partition coefficient (Wildman–Crippen LogP) is 1.66. The van der Waals surface area contributed by atoms with Crippen LogP contribution in [0.2, 0.25) is 0 Å². The average Bonchev–Trinajstić information content (AvgIpc) is 2.72. The molecular weight excluding hydrogens is 234 g/mol. The van der Waals surface area contributed by atoms with Gasteiger partial charge in [0.1, 0.15) is 0 Å². The van der Waals surface area contributed by atoms with Gasteiger partial charge in [-0.15, -0.1) is 11.3 Å². The Balaban J connectivity index is 2.53. The van der Waals surface area contributed by atoms with Gasteiger partial charge in [0.15, 0.2) is 0 Å². The Morgan fingerprint density at radius 2 is 2.18 bits per heavy atom. The molecule has 2 N–H and O–H groups in total. The van der Waals surface area contributed by atoms with Crippen molar-refractivity contribution in [2.24, 2.45) is 0 Å². The fourth-order valence-electron chi connectivity index (χ4n) is 1.30. The monoisotopic (exact) mass is 255 g/mol. The van der Waals surface area contributed by atoms with Crippen LogP contribution in [0.15, 0.2) is 6.20 Å². The van der Waals surface area contributed by atoms with Gasteiger partial charge in [0, 0.05) is 30.1 Å². The highest BCUT2D eigenvalue weighted by atomic mass is 32.1. The Morgan fingerprint density at radius 3 is 2.65 bits per heavy atom. The van der Waals surface area contributed by atoms with Crippen LogP contribution in [0, 0.1) is 0 Å². The summed E-state index contributed by atoms with van der Waals surface area (Å²) in [6.45, 7) is 8.98. The first kappa shape index (κ1) is 14.1. The van der Waals surface area contributed by atoms with Crippen LogP contribution in [-0.4, -0.2) is 24.0 Å². The van der Waals surface area contributed by atoms with Crippen molar-refractivity contribution in [3.63, 3.8) is 0 Å². The molecule has 1 atom stereocenters. The van der Waals surface area contributed by atoms with Gasteiger partial charge in [0.25, 0.3) is 0 Å². The smallest absolute Gasteiger partial charge is 0.236 e. The summed E-state index contributed by atoms with van der Waals surface area (Å²) in [5.41, 5.74) is 0.0926. The van der Waals surface area contributed by atoms with Gasteiger partial charge in [-0.2, -0.15) is 0 Å². The molecule has 1 aromatic rings. The number of nitrogens with zero attached hydrogens (tertiary/aromatic N) is 1. The van der Waals surface area contributed by atoms with Crippen molar-refractivity contribution in [2.45, 2.75) is 45.7 Å². The van der Waals surface area contributed by atoms with Gasteiger partial charge < -0.3 is 10.6 Å². The molecule has 1 rings (SSSR count). The maximum Gasteiger partial charge on any atom is 0.236 e. The highest BCUT2D eigenvalue weighted by Gasteiger charge is 2.18. The lowest BCUT2D eigenvalue weighted by Gasteiger charge is -2.13. The number of hydrogen-bond acceptors (Lipinski definition) is 4. The molecule has 1 heterocycles. The zero-order valence-electron chi connectivity index (χ0n) is 11.1. The van der Waals surface area contributed by atoms with E-state index >= 15 is 0 Å². The van der Waals surface area contributed by atoms with Gasteiger partial charge in [0.2, 0.25) is 5.91 Å². The molecule has 1 aromatic heterocycles. The first-order valence-corrected chi connectivity index (χ1v) is 6.56. The van der Waals surface area contributed by atoms with E-state index in [1.54, 1.807) is 18.4 Å². The SMILES string of the molecule is CNC(=O)C(C)NCc1cnc(C(C)(C)C)s1. The lowest BCUT2D eigenvalue weighted by molar-refractivity contribution is -0.122. The average molecular weight is 255 g/mol. The number of aromatic nitrogens is 1. The number of carbonyl (C=O) groups is 1. The molecule has 96 valence electrons.